The quantitative estimate of drug-likeness (QED) is 0.933. The van der Waals surface area contributed by atoms with Crippen molar-refractivity contribution in [3.63, 3.8) is 0 Å². The summed E-state index contributed by atoms with van der Waals surface area (Å²) in [6.45, 7) is 2.16. The number of nitrogens with zero attached hydrogens (tertiary/aromatic N) is 2. The van der Waals surface area contributed by atoms with Gasteiger partial charge in [0.1, 0.15) is 0 Å². The third-order valence-corrected chi connectivity index (χ3v) is 3.92. The highest BCUT2D eigenvalue weighted by atomic mass is 16.5. The number of hydrogen-bond donors (Lipinski definition) is 1. The second kappa shape index (κ2) is 7.60. The van der Waals surface area contributed by atoms with E-state index in [9.17, 15) is 9.59 Å². The second-order valence-electron chi connectivity index (χ2n) is 5.63. The SMILES string of the molecule is N#Cc1cccc(NC(=O)c2cccc(C(=O)N3CCOCC3)c2)c1. The Morgan fingerprint density at radius 1 is 1.04 bits per heavy atom. The molecule has 1 aliphatic rings. The molecule has 0 aromatic heterocycles. The fourth-order valence-electron chi connectivity index (χ4n) is 2.61. The lowest BCUT2D eigenvalue weighted by Crippen LogP contribution is -2.40. The summed E-state index contributed by atoms with van der Waals surface area (Å²) in [6, 6.07) is 15.3. The van der Waals surface area contributed by atoms with E-state index in [2.05, 4.69) is 5.32 Å². The van der Waals surface area contributed by atoms with Crippen molar-refractivity contribution in [3.8, 4) is 6.07 Å². The lowest BCUT2D eigenvalue weighted by Gasteiger charge is -2.27. The zero-order chi connectivity index (χ0) is 17.6. The largest absolute Gasteiger partial charge is 0.378 e. The summed E-state index contributed by atoms with van der Waals surface area (Å²) in [6.07, 6.45) is 0. The molecule has 0 radical (unpaired) electrons. The van der Waals surface area contributed by atoms with Crippen molar-refractivity contribution in [3.05, 3.63) is 65.2 Å². The van der Waals surface area contributed by atoms with Gasteiger partial charge in [0, 0.05) is 29.9 Å². The first-order chi connectivity index (χ1) is 12.2. The summed E-state index contributed by atoms with van der Waals surface area (Å²) in [4.78, 5) is 26.7. The summed E-state index contributed by atoms with van der Waals surface area (Å²) in [5, 5.41) is 11.7. The summed E-state index contributed by atoms with van der Waals surface area (Å²) in [7, 11) is 0. The van der Waals surface area contributed by atoms with Crippen LogP contribution in [0, 0.1) is 11.3 Å². The van der Waals surface area contributed by atoms with Crippen LogP contribution in [0.5, 0.6) is 0 Å². The van der Waals surface area contributed by atoms with Gasteiger partial charge in [-0.3, -0.25) is 9.59 Å². The molecule has 6 heteroatoms. The first-order valence-electron chi connectivity index (χ1n) is 7.96. The summed E-state index contributed by atoms with van der Waals surface area (Å²) in [5.74, 6) is -0.434. The molecule has 0 aliphatic carbocycles. The Kier molecular flexibility index (Phi) is 5.07. The lowest BCUT2D eigenvalue weighted by molar-refractivity contribution is 0.0303. The zero-order valence-electron chi connectivity index (χ0n) is 13.6. The smallest absolute Gasteiger partial charge is 0.255 e. The van der Waals surface area contributed by atoms with Gasteiger partial charge in [-0.25, -0.2) is 0 Å². The molecule has 126 valence electrons. The Labute approximate surface area is 145 Å². The van der Waals surface area contributed by atoms with E-state index in [4.69, 9.17) is 10.00 Å². The van der Waals surface area contributed by atoms with E-state index < -0.39 is 0 Å². The van der Waals surface area contributed by atoms with Crippen molar-refractivity contribution in [2.75, 3.05) is 31.6 Å². The summed E-state index contributed by atoms with van der Waals surface area (Å²) >= 11 is 0. The van der Waals surface area contributed by atoms with Crippen LogP contribution in [-0.2, 0) is 4.74 Å². The normalized spacial score (nSPS) is 13.8. The van der Waals surface area contributed by atoms with Gasteiger partial charge in [-0.1, -0.05) is 12.1 Å². The number of carbonyl (C=O) groups excluding carboxylic acids is 2. The van der Waals surface area contributed by atoms with Crippen molar-refractivity contribution in [1.82, 2.24) is 4.90 Å². The number of rotatable bonds is 3. The highest BCUT2D eigenvalue weighted by Crippen LogP contribution is 2.14. The van der Waals surface area contributed by atoms with Gasteiger partial charge in [-0.05, 0) is 36.4 Å². The fraction of sp³-hybridized carbons (Fsp3) is 0.211. The van der Waals surface area contributed by atoms with Crippen LogP contribution < -0.4 is 5.32 Å². The Balaban J connectivity index is 1.75. The fourth-order valence-corrected chi connectivity index (χ4v) is 2.61. The number of carbonyl (C=O) groups is 2. The number of hydrogen-bond acceptors (Lipinski definition) is 4. The highest BCUT2D eigenvalue weighted by molar-refractivity contribution is 6.06. The maximum Gasteiger partial charge on any atom is 0.255 e. The minimum atomic E-state index is -0.327. The number of amides is 2. The van der Waals surface area contributed by atoms with E-state index in [-0.39, 0.29) is 11.8 Å². The molecular weight excluding hydrogens is 318 g/mol. The van der Waals surface area contributed by atoms with Crippen LogP contribution in [-0.4, -0.2) is 43.0 Å². The van der Waals surface area contributed by atoms with Gasteiger partial charge in [0.05, 0.1) is 24.8 Å². The molecule has 1 heterocycles. The molecule has 2 aromatic rings. The van der Waals surface area contributed by atoms with Gasteiger partial charge >= 0.3 is 0 Å². The van der Waals surface area contributed by atoms with Gasteiger partial charge in [0.2, 0.25) is 0 Å². The van der Waals surface area contributed by atoms with Crippen molar-refractivity contribution in [2.24, 2.45) is 0 Å². The number of benzene rings is 2. The molecule has 0 atom stereocenters. The molecular formula is C19H17N3O3. The van der Waals surface area contributed by atoms with E-state index in [1.165, 1.54) is 0 Å². The topological polar surface area (TPSA) is 82.4 Å². The molecule has 2 aromatic carbocycles. The molecule has 1 N–H and O–H groups in total. The van der Waals surface area contributed by atoms with Crippen molar-refractivity contribution in [2.45, 2.75) is 0 Å². The summed E-state index contributed by atoms with van der Waals surface area (Å²) < 4.78 is 5.25. The Hall–Kier alpha value is -3.17. The van der Waals surface area contributed by atoms with Crippen LogP contribution in [0.3, 0.4) is 0 Å². The third-order valence-electron chi connectivity index (χ3n) is 3.92. The van der Waals surface area contributed by atoms with Gasteiger partial charge in [0.25, 0.3) is 11.8 Å². The molecule has 1 aliphatic heterocycles. The first kappa shape index (κ1) is 16.7. The number of nitriles is 1. The zero-order valence-corrected chi connectivity index (χ0v) is 13.6. The van der Waals surface area contributed by atoms with Crippen LogP contribution in [0.2, 0.25) is 0 Å². The predicted octanol–water partition coefficient (Wildman–Crippen LogP) is 2.28. The van der Waals surface area contributed by atoms with Gasteiger partial charge < -0.3 is 15.0 Å². The van der Waals surface area contributed by atoms with Crippen LogP contribution in [0.15, 0.2) is 48.5 Å². The Morgan fingerprint density at radius 3 is 2.52 bits per heavy atom. The third kappa shape index (κ3) is 4.03. The molecule has 6 nitrogen and oxygen atoms in total. The average molecular weight is 335 g/mol. The molecule has 1 fully saturated rings. The maximum absolute atomic E-state index is 12.5. The Morgan fingerprint density at radius 2 is 1.76 bits per heavy atom. The predicted molar refractivity (Wildman–Crippen MR) is 92.3 cm³/mol. The molecule has 0 bridgehead atoms. The minimum Gasteiger partial charge on any atom is -0.378 e. The average Bonchev–Trinajstić information content (AvgIpc) is 2.68. The lowest BCUT2D eigenvalue weighted by atomic mass is 10.1. The molecule has 25 heavy (non-hydrogen) atoms. The van der Waals surface area contributed by atoms with Gasteiger partial charge in [-0.15, -0.1) is 0 Å². The molecule has 2 amide bonds. The maximum atomic E-state index is 12.5. The standard InChI is InChI=1S/C19H17N3O3/c20-13-14-3-1-6-17(11-14)21-18(23)15-4-2-5-16(12-15)19(24)22-7-9-25-10-8-22/h1-6,11-12H,7-10H2,(H,21,23). The number of nitrogens with one attached hydrogen (secondary N) is 1. The first-order valence-corrected chi connectivity index (χ1v) is 7.96. The minimum absolute atomic E-state index is 0.107. The number of ether oxygens (including phenoxy) is 1. The van der Waals surface area contributed by atoms with Crippen molar-refractivity contribution < 1.29 is 14.3 Å². The highest BCUT2D eigenvalue weighted by Gasteiger charge is 2.19. The van der Waals surface area contributed by atoms with Gasteiger partial charge in [0.15, 0.2) is 0 Å². The van der Waals surface area contributed by atoms with Crippen LogP contribution in [0.1, 0.15) is 26.3 Å². The van der Waals surface area contributed by atoms with Crippen LogP contribution >= 0.6 is 0 Å². The molecule has 3 rings (SSSR count). The van der Waals surface area contributed by atoms with Crippen LogP contribution in [0.4, 0.5) is 5.69 Å². The van der Waals surface area contributed by atoms with E-state index in [1.807, 2.05) is 6.07 Å². The molecule has 1 saturated heterocycles. The second-order valence-corrected chi connectivity index (χ2v) is 5.63. The van der Waals surface area contributed by atoms with E-state index in [1.54, 1.807) is 53.4 Å². The number of morpholine rings is 1. The van der Waals surface area contributed by atoms with E-state index in [0.717, 1.165) is 0 Å². The summed E-state index contributed by atoms with van der Waals surface area (Å²) in [5.41, 5.74) is 1.87. The van der Waals surface area contributed by atoms with Gasteiger partial charge in [-0.2, -0.15) is 5.26 Å². The van der Waals surface area contributed by atoms with Crippen LogP contribution in [0.25, 0.3) is 0 Å². The number of anilines is 1. The van der Waals surface area contributed by atoms with E-state index in [0.29, 0.717) is 48.7 Å². The molecule has 0 saturated carbocycles. The molecule has 0 spiro atoms. The monoisotopic (exact) mass is 335 g/mol. The Bertz CT molecular complexity index is 836. The van der Waals surface area contributed by atoms with E-state index >= 15 is 0 Å². The van der Waals surface area contributed by atoms with Crippen molar-refractivity contribution in [1.29, 1.82) is 5.26 Å². The van der Waals surface area contributed by atoms with Crippen molar-refractivity contribution >= 4 is 17.5 Å². The molecule has 0 unspecified atom stereocenters.